The van der Waals surface area contributed by atoms with Gasteiger partial charge in [-0.2, -0.15) is 5.10 Å². The largest absolute Gasteiger partial charge is 0.493 e. The molecule has 0 saturated carbocycles. The highest BCUT2D eigenvalue weighted by molar-refractivity contribution is 5.41. The van der Waals surface area contributed by atoms with Crippen molar-refractivity contribution in [1.29, 1.82) is 0 Å². The molecule has 0 amide bonds. The maximum Gasteiger partial charge on any atom is 0.122 e. The quantitative estimate of drug-likeness (QED) is 0.894. The Hall–Kier alpha value is -1.81. The molecule has 0 fully saturated rings. The summed E-state index contributed by atoms with van der Waals surface area (Å²) in [7, 11) is 3.96. The maximum atomic E-state index is 5.76. The molecule has 2 aromatic rings. The average Bonchev–Trinajstić information content (AvgIpc) is 2.99. The second-order valence-corrected chi connectivity index (χ2v) is 4.60. The molecule has 1 aromatic carbocycles. The van der Waals surface area contributed by atoms with Crippen LogP contribution in [0.25, 0.3) is 0 Å². The van der Waals surface area contributed by atoms with Gasteiger partial charge < -0.3 is 10.1 Å². The summed E-state index contributed by atoms with van der Waals surface area (Å²) in [6.45, 7) is 0.718. The molecule has 0 bridgehead atoms. The maximum absolute atomic E-state index is 5.76. The first-order valence-electron chi connectivity index (χ1n) is 6.18. The van der Waals surface area contributed by atoms with Crippen molar-refractivity contribution >= 4 is 0 Å². The third-order valence-electron chi connectivity index (χ3n) is 3.63. The monoisotopic (exact) mass is 243 g/mol. The average molecular weight is 243 g/mol. The van der Waals surface area contributed by atoms with Crippen molar-refractivity contribution in [3.8, 4) is 5.75 Å². The normalized spacial score (nSPS) is 19.3. The van der Waals surface area contributed by atoms with Gasteiger partial charge in [-0.3, -0.25) is 4.68 Å². The van der Waals surface area contributed by atoms with Crippen LogP contribution in [0, 0.1) is 0 Å². The molecule has 0 spiro atoms. The van der Waals surface area contributed by atoms with E-state index in [1.807, 2.05) is 37.1 Å². The molecule has 1 aliphatic rings. The molecule has 18 heavy (non-hydrogen) atoms. The number of aryl methyl sites for hydroxylation is 1. The second kappa shape index (κ2) is 4.46. The minimum atomic E-state index is 0.223. The fourth-order valence-electron chi connectivity index (χ4n) is 2.71. The number of hydrogen-bond donors (Lipinski definition) is 1. The van der Waals surface area contributed by atoms with Crippen LogP contribution in [0.2, 0.25) is 0 Å². The Labute approximate surface area is 107 Å². The van der Waals surface area contributed by atoms with Crippen molar-refractivity contribution in [2.75, 3.05) is 13.7 Å². The third-order valence-corrected chi connectivity index (χ3v) is 3.63. The number of aromatic nitrogens is 2. The Balaban J connectivity index is 1.98. The van der Waals surface area contributed by atoms with Gasteiger partial charge in [0, 0.05) is 24.7 Å². The lowest BCUT2D eigenvalue weighted by Gasteiger charge is -2.22. The van der Waals surface area contributed by atoms with Gasteiger partial charge in [0.15, 0.2) is 0 Å². The summed E-state index contributed by atoms with van der Waals surface area (Å²) >= 11 is 0. The van der Waals surface area contributed by atoms with Gasteiger partial charge in [-0.25, -0.2) is 0 Å². The number of para-hydroxylation sites is 1. The van der Waals surface area contributed by atoms with Crippen LogP contribution < -0.4 is 10.1 Å². The molecule has 4 nitrogen and oxygen atoms in total. The molecule has 0 aliphatic carbocycles. The second-order valence-electron chi connectivity index (χ2n) is 4.60. The lowest BCUT2D eigenvalue weighted by Crippen LogP contribution is -2.27. The molecular formula is C14H17N3O. The van der Waals surface area contributed by atoms with E-state index in [0.29, 0.717) is 5.92 Å². The van der Waals surface area contributed by atoms with Crippen LogP contribution in [0.3, 0.4) is 0 Å². The van der Waals surface area contributed by atoms with Gasteiger partial charge in [-0.05, 0) is 19.2 Å². The van der Waals surface area contributed by atoms with Crippen molar-refractivity contribution in [1.82, 2.24) is 15.1 Å². The van der Waals surface area contributed by atoms with E-state index in [2.05, 4.69) is 28.6 Å². The van der Waals surface area contributed by atoms with Crippen molar-refractivity contribution in [2.24, 2.45) is 7.05 Å². The summed E-state index contributed by atoms with van der Waals surface area (Å²) in [4.78, 5) is 0. The highest BCUT2D eigenvalue weighted by Crippen LogP contribution is 2.40. The van der Waals surface area contributed by atoms with E-state index < -0.39 is 0 Å². The SMILES string of the molecule is CNC(c1ccnn1C)C1COc2ccccc21. The number of rotatable bonds is 3. The highest BCUT2D eigenvalue weighted by atomic mass is 16.5. The number of nitrogens with zero attached hydrogens (tertiary/aromatic N) is 2. The zero-order valence-corrected chi connectivity index (χ0v) is 10.6. The van der Waals surface area contributed by atoms with Gasteiger partial charge in [-0.1, -0.05) is 18.2 Å². The summed E-state index contributed by atoms with van der Waals surface area (Å²) < 4.78 is 7.68. The predicted octanol–water partition coefficient (Wildman–Crippen LogP) is 1.86. The van der Waals surface area contributed by atoms with Crippen LogP contribution in [0.15, 0.2) is 36.5 Å². The number of ether oxygens (including phenoxy) is 1. The van der Waals surface area contributed by atoms with E-state index in [-0.39, 0.29) is 6.04 Å². The Morgan fingerprint density at radius 2 is 2.22 bits per heavy atom. The molecule has 1 N–H and O–H groups in total. The first-order valence-corrected chi connectivity index (χ1v) is 6.18. The van der Waals surface area contributed by atoms with E-state index in [4.69, 9.17) is 4.74 Å². The molecule has 1 aromatic heterocycles. The fourth-order valence-corrected chi connectivity index (χ4v) is 2.71. The molecule has 2 heterocycles. The zero-order valence-electron chi connectivity index (χ0n) is 10.6. The number of nitrogens with one attached hydrogen (secondary N) is 1. The summed E-state index contributed by atoms with van der Waals surface area (Å²) in [6, 6.07) is 10.5. The highest BCUT2D eigenvalue weighted by Gasteiger charge is 2.32. The van der Waals surface area contributed by atoms with Gasteiger partial charge in [0.1, 0.15) is 5.75 Å². The molecule has 2 atom stereocenters. The number of fused-ring (bicyclic) bond motifs is 1. The molecule has 4 heteroatoms. The van der Waals surface area contributed by atoms with Crippen LogP contribution in [-0.2, 0) is 7.05 Å². The van der Waals surface area contributed by atoms with Gasteiger partial charge in [-0.15, -0.1) is 0 Å². The third kappa shape index (κ3) is 1.69. The zero-order chi connectivity index (χ0) is 12.5. The summed E-state index contributed by atoms with van der Waals surface area (Å²) in [5, 5.41) is 7.64. The van der Waals surface area contributed by atoms with Crippen molar-refractivity contribution < 1.29 is 4.74 Å². The molecule has 0 radical (unpaired) electrons. The van der Waals surface area contributed by atoms with Gasteiger partial charge in [0.05, 0.1) is 18.3 Å². The van der Waals surface area contributed by atoms with Crippen LogP contribution in [0.5, 0.6) is 5.75 Å². The number of benzene rings is 1. The predicted molar refractivity (Wildman–Crippen MR) is 69.7 cm³/mol. The van der Waals surface area contributed by atoms with Crippen molar-refractivity contribution in [2.45, 2.75) is 12.0 Å². The summed E-state index contributed by atoms with van der Waals surface area (Å²) in [5.74, 6) is 1.34. The lowest BCUT2D eigenvalue weighted by molar-refractivity contribution is 0.300. The Morgan fingerprint density at radius 1 is 1.39 bits per heavy atom. The number of hydrogen-bond acceptors (Lipinski definition) is 3. The first-order chi connectivity index (χ1) is 8.81. The molecular weight excluding hydrogens is 226 g/mol. The van der Waals surface area contributed by atoms with Crippen LogP contribution in [0.1, 0.15) is 23.2 Å². The first kappa shape index (κ1) is 11.3. The van der Waals surface area contributed by atoms with Gasteiger partial charge >= 0.3 is 0 Å². The van der Waals surface area contributed by atoms with E-state index in [1.54, 1.807) is 0 Å². The Kier molecular flexibility index (Phi) is 2.80. The van der Waals surface area contributed by atoms with Crippen molar-refractivity contribution in [3.63, 3.8) is 0 Å². The lowest BCUT2D eigenvalue weighted by atomic mass is 9.91. The topological polar surface area (TPSA) is 39.1 Å². The van der Waals surface area contributed by atoms with E-state index >= 15 is 0 Å². The Morgan fingerprint density at radius 3 is 2.94 bits per heavy atom. The minimum absolute atomic E-state index is 0.223. The van der Waals surface area contributed by atoms with E-state index in [0.717, 1.165) is 12.4 Å². The molecule has 3 rings (SSSR count). The van der Waals surface area contributed by atoms with Gasteiger partial charge in [0.2, 0.25) is 0 Å². The minimum Gasteiger partial charge on any atom is -0.493 e. The fraction of sp³-hybridized carbons (Fsp3) is 0.357. The molecule has 0 saturated heterocycles. The van der Waals surface area contributed by atoms with E-state index in [1.165, 1.54) is 11.3 Å². The Bertz CT molecular complexity index is 549. The van der Waals surface area contributed by atoms with Crippen LogP contribution in [-0.4, -0.2) is 23.4 Å². The van der Waals surface area contributed by atoms with Crippen LogP contribution in [0.4, 0.5) is 0 Å². The number of likely N-dealkylation sites (N-methyl/N-ethyl adjacent to an activating group) is 1. The van der Waals surface area contributed by atoms with E-state index in [9.17, 15) is 0 Å². The summed E-state index contributed by atoms with van der Waals surface area (Å²) in [6.07, 6.45) is 1.83. The van der Waals surface area contributed by atoms with Gasteiger partial charge in [0.25, 0.3) is 0 Å². The molecule has 1 aliphatic heterocycles. The van der Waals surface area contributed by atoms with Crippen LogP contribution >= 0.6 is 0 Å². The summed E-state index contributed by atoms with van der Waals surface area (Å²) in [5.41, 5.74) is 2.46. The standard InChI is InChI=1S/C14H17N3O/c1-15-14(12-7-8-16-17(12)2)11-9-18-13-6-4-3-5-10(11)13/h3-8,11,14-15H,9H2,1-2H3. The smallest absolute Gasteiger partial charge is 0.122 e. The molecule has 2 unspecified atom stereocenters. The van der Waals surface area contributed by atoms with Crippen molar-refractivity contribution in [3.05, 3.63) is 47.8 Å². The molecule has 94 valence electrons.